The standard InChI is InChI=1S/C16H18N2O9/c1-3-6-25-13-8-11(18(22)23)10(7-12(13)24-2)9-26-16(21)27-17-14(19)4-5-15(17)20/h7-8H,3-6,9H2,1-2H3. The number of imide groups is 1. The van der Waals surface area contributed by atoms with Crippen LogP contribution in [0.15, 0.2) is 12.1 Å². The van der Waals surface area contributed by atoms with Crippen molar-refractivity contribution < 1.29 is 38.4 Å². The molecule has 1 saturated heterocycles. The van der Waals surface area contributed by atoms with Gasteiger partial charge in [0.1, 0.15) is 6.61 Å². The van der Waals surface area contributed by atoms with E-state index in [1.807, 2.05) is 6.92 Å². The first-order valence-electron chi connectivity index (χ1n) is 8.06. The molecule has 0 aromatic heterocycles. The van der Waals surface area contributed by atoms with E-state index in [1.54, 1.807) is 0 Å². The molecule has 0 aliphatic carbocycles. The van der Waals surface area contributed by atoms with Crippen molar-refractivity contribution in [2.75, 3.05) is 13.7 Å². The van der Waals surface area contributed by atoms with E-state index in [1.165, 1.54) is 19.2 Å². The number of benzene rings is 1. The minimum absolute atomic E-state index is 0.0247. The Morgan fingerprint density at radius 2 is 1.89 bits per heavy atom. The lowest BCUT2D eigenvalue weighted by Gasteiger charge is -2.14. The molecule has 0 radical (unpaired) electrons. The number of hydroxylamine groups is 2. The predicted octanol–water partition coefficient (Wildman–Crippen LogP) is 2.11. The molecule has 1 heterocycles. The molecule has 1 aliphatic rings. The monoisotopic (exact) mass is 382 g/mol. The van der Waals surface area contributed by atoms with Gasteiger partial charge in [-0.2, -0.15) is 0 Å². The minimum atomic E-state index is -1.34. The summed E-state index contributed by atoms with van der Waals surface area (Å²) >= 11 is 0. The van der Waals surface area contributed by atoms with Crippen LogP contribution in [-0.2, 0) is 25.8 Å². The number of methoxy groups -OCH3 is 1. The molecule has 0 N–H and O–H groups in total. The normalized spacial score (nSPS) is 13.5. The van der Waals surface area contributed by atoms with Crippen LogP contribution in [0.1, 0.15) is 31.7 Å². The average Bonchev–Trinajstić information content (AvgIpc) is 2.96. The van der Waals surface area contributed by atoms with E-state index in [2.05, 4.69) is 4.84 Å². The van der Waals surface area contributed by atoms with Crippen molar-refractivity contribution in [3.63, 3.8) is 0 Å². The highest BCUT2D eigenvalue weighted by Gasteiger charge is 2.33. The summed E-state index contributed by atoms with van der Waals surface area (Å²) < 4.78 is 15.4. The van der Waals surface area contributed by atoms with Crippen molar-refractivity contribution in [1.29, 1.82) is 0 Å². The molecule has 0 spiro atoms. The minimum Gasteiger partial charge on any atom is -0.493 e. The van der Waals surface area contributed by atoms with E-state index in [4.69, 9.17) is 14.2 Å². The Morgan fingerprint density at radius 3 is 2.44 bits per heavy atom. The first-order valence-corrected chi connectivity index (χ1v) is 8.06. The number of hydrogen-bond acceptors (Lipinski definition) is 9. The molecular formula is C16H18N2O9. The van der Waals surface area contributed by atoms with Crippen LogP contribution in [0.2, 0.25) is 0 Å². The summed E-state index contributed by atoms with van der Waals surface area (Å²) in [5.74, 6) is -0.916. The zero-order valence-corrected chi connectivity index (χ0v) is 14.8. The number of nitro groups is 1. The van der Waals surface area contributed by atoms with Gasteiger partial charge in [0.2, 0.25) is 0 Å². The molecule has 2 amide bonds. The maximum atomic E-state index is 11.7. The molecule has 1 aliphatic heterocycles. The van der Waals surface area contributed by atoms with Crippen LogP contribution < -0.4 is 9.47 Å². The van der Waals surface area contributed by atoms with Gasteiger partial charge in [-0.15, -0.1) is 0 Å². The van der Waals surface area contributed by atoms with Crippen molar-refractivity contribution >= 4 is 23.7 Å². The van der Waals surface area contributed by atoms with E-state index in [0.29, 0.717) is 18.1 Å². The van der Waals surface area contributed by atoms with Crippen LogP contribution >= 0.6 is 0 Å². The molecule has 2 rings (SSSR count). The molecule has 1 aromatic rings. The zero-order valence-electron chi connectivity index (χ0n) is 14.8. The van der Waals surface area contributed by atoms with E-state index in [0.717, 1.165) is 0 Å². The van der Waals surface area contributed by atoms with Crippen LogP contribution in [0.4, 0.5) is 10.5 Å². The molecular weight excluding hydrogens is 364 g/mol. The number of nitrogens with zero attached hydrogens (tertiary/aromatic N) is 2. The lowest BCUT2D eigenvalue weighted by atomic mass is 10.1. The Bertz CT molecular complexity index is 747. The first kappa shape index (κ1) is 19.9. The van der Waals surface area contributed by atoms with Crippen molar-refractivity contribution in [3.05, 3.63) is 27.8 Å². The first-order chi connectivity index (χ1) is 12.9. The van der Waals surface area contributed by atoms with Gasteiger partial charge in [0.25, 0.3) is 17.5 Å². The molecule has 0 bridgehead atoms. The summed E-state index contributed by atoms with van der Waals surface area (Å²) in [6.07, 6.45) is -0.762. The highest BCUT2D eigenvalue weighted by molar-refractivity contribution is 6.01. The van der Waals surface area contributed by atoms with Crippen LogP contribution in [-0.4, -0.2) is 41.7 Å². The van der Waals surface area contributed by atoms with Gasteiger partial charge in [0.15, 0.2) is 11.5 Å². The third kappa shape index (κ3) is 4.84. The van der Waals surface area contributed by atoms with Crippen molar-refractivity contribution in [2.45, 2.75) is 32.8 Å². The van der Waals surface area contributed by atoms with Gasteiger partial charge in [0.05, 0.1) is 30.3 Å². The number of hydrogen-bond donors (Lipinski definition) is 0. The topological polar surface area (TPSA) is 135 Å². The molecule has 11 heteroatoms. The van der Waals surface area contributed by atoms with Crippen LogP contribution in [0.5, 0.6) is 11.5 Å². The Kier molecular flexibility index (Phi) is 6.52. The van der Waals surface area contributed by atoms with Gasteiger partial charge < -0.3 is 14.2 Å². The van der Waals surface area contributed by atoms with Crippen LogP contribution in [0.3, 0.4) is 0 Å². The van der Waals surface area contributed by atoms with Gasteiger partial charge in [-0.3, -0.25) is 24.5 Å². The highest BCUT2D eigenvalue weighted by Crippen LogP contribution is 2.35. The van der Waals surface area contributed by atoms with E-state index in [9.17, 15) is 24.5 Å². The fourth-order valence-electron chi connectivity index (χ4n) is 2.26. The second-order valence-electron chi connectivity index (χ2n) is 5.45. The average molecular weight is 382 g/mol. The summed E-state index contributed by atoms with van der Waals surface area (Å²) in [6, 6.07) is 2.48. The molecule has 0 unspecified atom stereocenters. The zero-order chi connectivity index (χ0) is 20.0. The third-order valence-corrected chi connectivity index (χ3v) is 3.54. The molecule has 0 atom stereocenters. The molecule has 0 saturated carbocycles. The summed E-state index contributed by atoms with van der Waals surface area (Å²) in [6.45, 7) is 1.69. The molecule has 11 nitrogen and oxygen atoms in total. The molecule has 146 valence electrons. The van der Waals surface area contributed by atoms with Gasteiger partial charge in [-0.25, -0.2) is 4.79 Å². The number of ether oxygens (including phenoxy) is 3. The number of rotatable bonds is 8. The van der Waals surface area contributed by atoms with E-state index in [-0.39, 0.29) is 35.6 Å². The smallest absolute Gasteiger partial charge is 0.493 e. The quantitative estimate of drug-likeness (QED) is 0.287. The third-order valence-electron chi connectivity index (χ3n) is 3.54. The number of carbonyl (C=O) groups is 3. The second kappa shape index (κ2) is 8.83. The predicted molar refractivity (Wildman–Crippen MR) is 87.8 cm³/mol. The van der Waals surface area contributed by atoms with E-state index >= 15 is 0 Å². The highest BCUT2D eigenvalue weighted by atomic mass is 16.8. The van der Waals surface area contributed by atoms with Gasteiger partial charge >= 0.3 is 6.16 Å². The van der Waals surface area contributed by atoms with Crippen molar-refractivity contribution in [3.8, 4) is 11.5 Å². The number of amides is 2. The molecule has 1 aromatic carbocycles. The van der Waals surface area contributed by atoms with Gasteiger partial charge in [-0.1, -0.05) is 12.0 Å². The summed E-state index contributed by atoms with van der Waals surface area (Å²) in [4.78, 5) is 49.7. The SMILES string of the molecule is CCCOc1cc([N+](=O)[O-])c(COC(=O)ON2C(=O)CCC2=O)cc1OC. The van der Waals surface area contributed by atoms with Crippen LogP contribution in [0.25, 0.3) is 0 Å². The maximum Gasteiger partial charge on any atom is 0.534 e. The lowest BCUT2D eigenvalue weighted by Crippen LogP contribution is -2.32. The Labute approximate surface area is 153 Å². The lowest BCUT2D eigenvalue weighted by molar-refractivity contribution is -0.386. The van der Waals surface area contributed by atoms with Gasteiger partial charge in [-0.05, 0) is 12.5 Å². The van der Waals surface area contributed by atoms with Gasteiger partial charge in [0, 0.05) is 12.8 Å². The Morgan fingerprint density at radius 1 is 1.22 bits per heavy atom. The maximum absolute atomic E-state index is 11.7. The summed E-state index contributed by atoms with van der Waals surface area (Å²) in [7, 11) is 1.36. The number of carbonyl (C=O) groups excluding carboxylic acids is 3. The Balaban J connectivity index is 2.12. The van der Waals surface area contributed by atoms with E-state index < -0.39 is 29.5 Å². The molecule has 27 heavy (non-hydrogen) atoms. The fourth-order valence-corrected chi connectivity index (χ4v) is 2.26. The van der Waals surface area contributed by atoms with Crippen molar-refractivity contribution in [1.82, 2.24) is 5.06 Å². The largest absolute Gasteiger partial charge is 0.534 e. The van der Waals surface area contributed by atoms with Crippen LogP contribution in [0, 0.1) is 10.1 Å². The molecule has 1 fully saturated rings. The summed E-state index contributed by atoms with van der Waals surface area (Å²) in [5.41, 5.74) is -0.320. The summed E-state index contributed by atoms with van der Waals surface area (Å²) in [5, 5.41) is 11.6. The van der Waals surface area contributed by atoms with Crippen molar-refractivity contribution in [2.24, 2.45) is 0 Å². The fraction of sp³-hybridized carbons (Fsp3) is 0.438. The second-order valence-corrected chi connectivity index (χ2v) is 5.45. The Hall–Kier alpha value is -3.37. The number of nitro benzene ring substituents is 1.